The van der Waals surface area contributed by atoms with Crippen molar-refractivity contribution >= 4 is 50.9 Å². The molecule has 4 heterocycles. The number of amides is 2. The number of halogens is 2. The Balaban J connectivity index is 0.000000259. The van der Waals surface area contributed by atoms with Crippen LogP contribution in [-0.2, 0) is 30.1 Å². The van der Waals surface area contributed by atoms with Crippen LogP contribution in [0, 0.1) is 13.8 Å². The van der Waals surface area contributed by atoms with Gasteiger partial charge in [0.15, 0.2) is 24.7 Å². The molecule has 6 aromatic rings. The largest absolute Gasteiger partial charge is 0.478 e. The van der Waals surface area contributed by atoms with E-state index in [2.05, 4.69) is 25.7 Å². The van der Waals surface area contributed by atoms with Gasteiger partial charge in [-0.1, -0.05) is 17.7 Å². The number of hydrogen-bond acceptors (Lipinski definition) is 10. The summed E-state index contributed by atoms with van der Waals surface area (Å²) in [5.41, 5.74) is 10.6. The molecule has 4 N–H and O–H groups in total. The first-order valence-electron chi connectivity index (χ1n) is 17.0. The highest BCUT2D eigenvalue weighted by atomic mass is 35.5. The summed E-state index contributed by atoms with van der Waals surface area (Å²) in [6, 6.07) is 16.2. The number of nitrogens with one attached hydrogen (secondary N) is 2. The topological polar surface area (TPSA) is 190 Å². The van der Waals surface area contributed by atoms with Crippen LogP contribution in [0.5, 0.6) is 11.5 Å². The molecule has 0 aliphatic rings. The van der Waals surface area contributed by atoms with Gasteiger partial charge < -0.3 is 35.0 Å². The van der Waals surface area contributed by atoms with Crippen LogP contribution in [-0.4, -0.2) is 75.2 Å². The van der Waals surface area contributed by atoms with E-state index in [0.29, 0.717) is 28.8 Å². The lowest BCUT2D eigenvalue weighted by molar-refractivity contribution is -0.123. The van der Waals surface area contributed by atoms with E-state index < -0.39 is 7.15 Å². The number of aryl methyl sites for hydroxylation is 4. The molecule has 0 bridgehead atoms. The number of aromatic nitrogens is 6. The number of pyridine rings is 2. The quantitative estimate of drug-likeness (QED) is 0.184. The first-order valence-corrected chi connectivity index (χ1v) is 16.7. The zero-order chi connectivity index (χ0) is 40.4. The number of alkyl halides is 1. The highest BCUT2D eigenvalue weighted by Gasteiger charge is 2.14. The maximum Gasteiger partial charge on any atom is 0.293 e. The normalized spacial score (nSPS) is 10.8. The summed E-state index contributed by atoms with van der Waals surface area (Å²) >= 11 is 6.39. The number of hydrogen-bond donors (Lipinski definition) is 3. The number of rotatable bonds is 9. The lowest BCUT2D eigenvalue weighted by Gasteiger charge is -2.12. The molecule has 0 atom stereocenters. The summed E-state index contributed by atoms with van der Waals surface area (Å²) in [4.78, 5) is 56.2. The molecular weight excluding hydrogens is 721 g/mol. The van der Waals surface area contributed by atoms with Crippen LogP contribution >= 0.6 is 11.6 Å². The maximum atomic E-state index is 12.6. The molecule has 0 spiro atoms. The molecule has 284 valence electrons. The molecule has 2 aromatic carbocycles. The first kappa shape index (κ1) is 38.9. The van der Waals surface area contributed by atoms with Gasteiger partial charge in [-0.15, -0.1) is 0 Å². The summed E-state index contributed by atoms with van der Waals surface area (Å²) in [7, 11) is 5.33. The number of benzene rings is 2. The Labute approximate surface area is 315 Å². The van der Waals surface area contributed by atoms with Crippen molar-refractivity contribution in [3.63, 3.8) is 0 Å². The average Bonchev–Trinajstić information content (AvgIpc) is 3.51. The summed E-state index contributed by atoms with van der Waals surface area (Å²) in [6.45, 7) is 3.42. The van der Waals surface area contributed by atoms with Crippen molar-refractivity contribution in [2.24, 2.45) is 14.1 Å². The third kappa shape index (κ3) is 9.38. The summed E-state index contributed by atoms with van der Waals surface area (Å²) < 4.78 is 30.8. The standard InChI is InChI=1S/C23H23ClN6O3.C13H15N3O3.CH3F/c1-13-7-14(2)30(28-13)23-26-11-17(24)18(27-23)9-15-5-6-19-16(8-15)10-20(22(32)29(19)4)33-12-21(31)25-3;1-15-12(17)7-19-11-6-8-5-9(14)3-4-10(8)16(2)13(11)18;1-2/h5-8,10-11H,9,12H2,1-4H3,(H,25,31);3-6H,7,14H2,1-2H3,(H,15,17);1H3/i;;1D. The van der Waals surface area contributed by atoms with Crippen molar-refractivity contribution in [1.29, 1.82) is 0 Å². The lowest BCUT2D eigenvalue weighted by Crippen LogP contribution is -2.27. The summed E-state index contributed by atoms with van der Waals surface area (Å²) in [6.07, 6.45) is 2.03. The predicted molar refractivity (Wildman–Crippen MR) is 205 cm³/mol. The smallest absolute Gasteiger partial charge is 0.293 e. The molecule has 0 aliphatic heterocycles. The van der Waals surface area contributed by atoms with Crippen LogP contribution in [0.4, 0.5) is 10.1 Å². The number of ether oxygens (including phenoxy) is 2. The number of nitrogen functional groups attached to an aromatic ring is 1. The van der Waals surface area contributed by atoms with Gasteiger partial charge in [-0.25, -0.2) is 14.6 Å². The van der Waals surface area contributed by atoms with E-state index in [1.165, 1.54) is 23.2 Å². The van der Waals surface area contributed by atoms with Gasteiger partial charge in [-0.3, -0.25) is 23.6 Å². The zero-order valence-electron chi connectivity index (χ0n) is 31.6. The fourth-order valence-electron chi connectivity index (χ4n) is 5.36. The molecule has 54 heavy (non-hydrogen) atoms. The van der Waals surface area contributed by atoms with Crippen LogP contribution in [0.1, 0.15) is 24.0 Å². The second-order valence-electron chi connectivity index (χ2n) is 11.9. The monoisotopic (exact) mass is 762 g/mol. The molecule has 6 rings (SSSR count). The molecular formula is C37H41ClFN9O6. The van der Waals surface area contributed by atoms with Crippen LogP contribution in [0.3, 0.4) is 0 Å². The zero-order valence-corrected chi connectivity index (χ0v) is 31.3. The highest BCUT2D eigenvalue weighted by molar-refractivity contribution is 6.31. The minimum atomic E-state index is -1.00. The van der Waals surface area contributed by atoms with E-state index in [4.69, 9.17) is 28.2 Å². The van der Waals surface area contributed by atoms with Gasteiger partial charge in [-0.05, 0) is 67.9 Å². The maximum absolute atomic E-state index is 12.6. The number of fused-ring (bicyclic) bond motifs is 2. The van der Waals surface area contributed by atoms with Gasteiger partial charge in [0.2, 0.25) is 0 Å². The van der Waals surface area contributed by atoms with E-state index >= 15 is 0 Å². The molecule has 0 fully saturated rings. The second-order valence-corrected chi connectivity index (χ2v) is 12.3. The van der Waals surface area contributed by atoms with Gasteiger partial charge >= 0.3 is 0 Å². The third-order valence-electron chi connectivity index (χ3n) is 8.12. The molecule has 0 saturated heterocycles. The Morgan fingerprint density at radius 3 is 1.94 bits per heavy atom. The third-order valence-corrected chi connectivity index (χ3v) is 8.44. The van der Waals surface area contributed by atoms with E-state index in [0.717, 1.165) is 38.8 Å². The molecule has 17 heteroatoms. The number of carbonyl (C=O) groups is 2. The van der Waals surface area contributed by atoms with Gasteiger partial charge in [-0.2, -0.15) is 5.10 Å². The number of likely N-dealkylation sites (N-methyl/N-ethyl adjacent to an activating group) is 2. The molecule has 2 amide bonds. The predicted octanol–water partition coefficient (Wildman–Crippen LogP) is 3.33. The summed E-state index contributed by atoms with van der Waals surface area (Å²) in [5.74, 6) is 0.0763. The van der Waals surface area contributed by atoms with Crippen molar-refractivity contribution in [3.8, 4) is 17.4 Å². The van der Waals surface area contributed by atoms with E-state index in [1.807, 2.05) is 38.1 Å². The minimum Gasteiger partial charge on any atom is -0.478 e. The van der Waals surface area contributed by atoms with Gasteiger partial charge in [0.05, 0.1) is 42.2 Å². The van der Waals surface area contributed by atoms with Crippen LogP contribution in [0.25, 0.3) is 27.8 Å². The van der Waals surface area contributed by atoms with Crippen molar-refractivity contribution in [2.75, 3.05) is 40.2 Å². The summed E-state index contributed by atoms with van der Waals surface area (Å²) in [5, 5.41) is 11.4. The second kappa shape index (κ2) is 18.0. The van der Waals surface area contributed by atoms with Crippen molar-refractivity contribution in [3.05, 3.63) is 109 Å². The van der Waals surface area contributed by atoms with E-state index in [9.17, 15) is 23.6 Å². The van der Waals surface area contributed by atoms with Gasteiger partial charge in [0.1, 0.15) is 0 Å². The molecule has 0 radical (unpaired) electrons. The Hall–Kier alpha value is -6.29. The number of nitrogens with two attached hydrogens (primary N) is 1. The molecule has 0 saturated carbocycles. The van der Waals surface area contributed by atoms with Crippen LogP contribution in [0.2, 0.25) is 5.02 Å². The number of carbonyl (C=O) groups excluding carboxylic acids is 2. The van der Waals surface area contributed by atoms with Crippen molar-refractivity contribution < 1.29 is 24.8 Å². The average molecular weight is 763 g/mol. The van der Waals surface area contributed by atoms with E-state index in [1.54, 1.807) is 55.3 Å². The number of anilines is 1. The SMILES string of the molecule is CNC(=O)COc1cc2cc(Cc3nc(-n4nc(C)cc4C)ncc3Cl)ccc2n(C)c1=O.CNC(=O)COc1cc2cc(N)ccc2n(C)c1=O.[2H]CF. The molecule has 0 aliphatic carbocycles. The molecule has 15 nitrogen and oxygen atoms in total. The fourth-order valence-corrected chi connectivity index (χ4v) is 5.52. The van der Waals surface area contributed by atoms with Crippen LogP contribution in [0.15, 0.2) is 70.4 Å². The minimum absolute atomic E-state index is 0.109. The Bertz CT molecular complexity index is 2470. The van der Waals surface area contributed by atoms with Crippen molar-refractivity contribution in [2.45, 2.75) is 20.3 Å². The van der Waals surface area contributed by atoms with Crippen molar-refractivity contribution in [1.82, 2.24) is 39.5 Å². The molecule has 4 aromatic heterocycles. The number of nitrogens with zero attached hydrogens (tertiary/aromatic N) is 6. The Morgan fingerprint density at radius 1 is 0.889 bits per heavy atom. The van der Waals surface area contributed by atoms with Gasteiger partial charge in [0.25, 0.3) is 28.9 Å². The Kier molecular flexibility index (Phi) is 12.9. The first-order chi connectivity index (χ1) is 26.2. The highest BCUT2D eigenvalue weighted by Crippen LogP contribution is 2.23. The van der Waals surface area contributed by atoms with Gasteiger partial charge in [0, 0.05) is 56.8 Å². The Morgan fingerprint density at radius 2 is 1.43 bits per heavy atom. The van der Waals surface area contributed by atoms with E-state index in [-0.39, 0.29) is 47.6 Å². The lowest BCUT2D eigenvalue weighted by atomic mass is 10.1. The fraction of sp³-hybridized carbons (Fsp3) is 0.270. The van der Waals surface area contributed by atoms with Crippen LogP contribution < -0.4 is 37.0 Å². The molecule has 0 unspecified atom stereocenters.